The fourth-order valence-electron chi connectivity index (χ4n) is 2.69. The lowest BCUT2D eigenvalue weighted by molar-refractivity contribution is -0.141. The maximum Gasteiger partial charge on any atom is 0.307 e. The minimum absolute atomic E-state index is 0.0357. The smallest absolute Gasteiger partial charge is 0.307 e. The van der Waals surface area contributed by atoms with Crippen molar-refractivity contribution in [2.45, 2.75) is 18.9 Å². The molecule has 4 heteroatoms. The van der Waals surface area contributed by atoms with E-state index in [0.29, 0.717) is 6.42 Å². The normalized spacial score (nSPS) is 18.6. The number of aromatic amines is 1. The van der Waals surface area contributed by atoms with E-state index < -0.39 is 0 Å². The molecule has 1 aromatic heterocycles. The van der Waals surface area contributed by atoms with E-state index in [0.717, 1.165) is 24.2 Å². The Hall–Kier alpha value is -1.81. The predicted molar refractivity (Wildman–Crippen MR) is 69.4 cm³/mol. The highest BCUT2D eigenvalue weighted by molar-refractivity contribution is 5.85. The van der Waals surface area contributed by atoms with Crippen molar-refractivity contribution >= 4 is 16.9 Å². The minimum Gasteiger partial charge on any atom is -0.469 e. The summed E-state index contributed by atoms with van der Waals surface area (Å²) >= 11 is 0. The number of hydrogen-bond donors (Lipinski definition) is 2. The van der Waals surface area contributed by atoms with E-state index in [4.69, 9.17) is 4.74 Å². The second-order valence-corrected chi connectivity index (χ2v) is 4.60. The quantitative estimate of drug-likeness (QED) is 0.793. The van der Waals surface area contributed by atoms with Gasteiger partial charge in [0.25, 0.3) is 0 Å². The third kappa shape index (κ3) is 1.78. The number of methoxy groups -OCH3 is 1. The highest BCUT2D eigenvalue weighted by atomic mass is 16.5. The molecule has 0 saturated carbocycles. The van der Waals surface area contributed by atoms with Gasteiger partial charge in [-0.2, -0.15) is 0 Å². The summed E-state index contributed by atoms with van der Waals surface area (Å²) in [4.78, 5) is 14.9. The number of fused-ring (bicyclic) bond motifs is 3. The Balaban J connectivity index is 2.02. The van der Waals surface area contributed by atoms with Crippen molar-refractivity contribution in [3.63, 3.8) is 0 Å². The zero-order valence-corrected chi connectivity index (χ0v) is 10.3. The molecule has 3 rings (SSSR count). The molecular weight excluding hydrogens is 228 g/mol. The number of aromatic nitrogens is 1. The van der Waals surface area contributed by atoms with Crippen LogP contribution in [0.25, 0.3) is 10.9 Å². The SMILES string of the molecule is COC(=O)CC1NCCc2c1[nH]c1ccccc21. The van der Waals surface area contributed by atoms with Crippen molar-refractivity contribution in [1.82, 2.24) is 10.3 Å². The number of para-hydroxylation sites is 1. The van der Waals surface area contributed by atoms with Crippen LogP contribution >= 0.6 is 0 Å². The van der Waals surface area contributed by atoms with Crippen molar-refractivity contribution in [1.29, 1.82) is 0 Å². The first-order valence-electron chi connectivity index (χ1n) is 6.19. The van der Waals surface area contributed by atoms with E-state index in [9.17, 15) is 4.79 Å². The van der Waals surface area contributed by atoms with Gasteiger partial charge >= 0.3 is 5.97 Å². The molecule has 2 N–H and O–H groups in total. The molecule has 2 aromatic rings. The summed E-state index contributed by atoms with van der Waals surface area (Å²) < 4.78 is 4.75. The van der Waals surface area contributed by atoms with Gasteiger partial charge < -0.3 is 15.0 Å². The number of ether oxygens (including phenoxy) is 1. The Kier molecular flexibility index (Phi) is 2.80. The number of carbonyl (C=O) groups is 1. The summed E-state index contributed by atoms with van der Waals surface area (Å²) in [6, 6.07) is 8.31. The highest BCUT2D eigenvalue weighted by Crippen LogP contribution is 2.31. The first-order chi connectivity index (χ1) is 8.79. The average Bonchev–Trinajstić information content (AvgIpc) is 2.78. The van der Waals surface area contributed by atoms with Crippen LogP contribution in [0.5, 0.6) is 0 Å². The van der Waals surface area contributed by atoms with E-state index in [1.165, 1.54) is 18.1 Å². The number of esters is 1. The van der Waals surface area contributed by atoms with Crippen LogP contribution in [0.2, 0.25) is 0 Å². The molecule has 0 aliphatic carbocycles. The standard InChI is InChI=1S/C14H16N2O2/c1-18-13(17)8-12-14-10(6-7-15-12)9-4-2-3-5-11(9)16-14/h2-5,12,15-16H,6-8H2,1H3. The van der Waals surface area contributed by atoms with Crippen LogP contribution in [0, 0.1) is 0 Å². The van der Waals surface area contributed by atoms with Gasteiger partial charge in [0, 0.05) is 16.6 Å². The van der Waals surface area contributed by atoms with Gasteiger partial charge in [0.05, 0.1) is 19.6 Å². The lowest BCUT2D eigenvalue weighted by atomic mass is 9.97. The van der Waals surface area contributed by atoms with Gasteiger partial charge in [0.2, 0.25) is 0 Å². The predicted octanol–water partition coefficient (Wildman–Crippen LogP) is 1.92. The van der Waals surface area contributed by atoms with Crippen LogP contribution in [0.3, 0.4) is 0 Å². The van der Waals surface area contributed by atoms with Crippen molar-refractivity contribution in [3.8, 4) is 0 Å². The van der Waals surface area contributed by atoms with Crippen molar-refractivity contribution in [3.05, 3.63) is 35.5 Å². The Morgan fingerprint density at radius 1 is 1.44 bits per heavy atom. The number of hydrogen-bond acceptors (Lipinski definition) is 3. The van der Waals surface area contributed by atoms with Gasteiger partial charge in [0.15, 0.2) is 0 Å². The molecule has 1 unspecified atom stereocenters. The Labute approximate surface area is 105 Å². The monoisotopic (exact) mass is 244 g/mol. The van der Waals surface area contributed by atoms with Gasteiger partial charge in [-0.15, -0.1) is 0 Å². The van der Waals surface area contributed by atoms with Gasteiger partial charge in [-0.1, -0.05) is 18.2 Å². The third-order valence-electron chi connectivity index (χ3n) is 3.56. The van der Waals surface area contributed by atoms with Crippen LogP contribution in [0.4, 0.5) is 0 Å². The molecular formula is C14H16N2O2. The van der Waals surface area contributed by atoms with E-state index in [-0.39, 0.29) is 12.0 Å². The first-order valence-corrected chi connectivity index (χ1v) is 6.19. The minimum atomic E-state index is -0.181. The number of benzene rings is 1. The summed E-state index contributed by atoms with van der Waals surface area (Å²) in [5.41, 5.74) is 3.60. The number of nitrogens with one attached hydrogen (secondary N) is 2. The first kappa shape index (κ1) is 11.3. The number of H-pyrrole nitrogens is 1. The molecule has 0 saturated heterocycles. The van der Waals surface area contributed by atoms with Crippen LogP contribution in [-0.2, 0) is 16.0 Å². The average molecular weight is 244 g/mol. The maximum absolute atomic E-state index is 11.4. The zero-order chi connectivity index (χ0) is 12.5. The van der Waals surface area contributed by atoms with Crippen molar-refractivity contribution in [2.24, 2.45) is 0 Å². The largest absolute Gasteiger partial charge is 0.469 e. The fourth-order valence-corrected chi connectivity index (χ4v) is 2.69. The molecule has 0 spiro atoms. The summed E-state index contributed by atoms with van der Waals surface area (Å²) in [5, 5.41) is 4.64. The molecule has 1 aliphatic heterocycles. The van der Waals surface area contributed by atoms with Crippen molar-refractivity contribution in [2.75, 3.05) is 13.7 Å². The van der Waals surface area contributed by atoms with Crippen LogP contribution in [0.1, 0.15) is 23.7 Å². The highest BCUT2D eigenvalue weighted by Gasteiger charge is 2.25. The molecule has 1 atom stereocenters. The fraction of sp³-hybridized carbons (Fsp3) is 0.357. The van der Waals surface area contributed by atoms with Crippen molar-refractivity contribution < 1.29 is 9.53 Å². The zero-order valence-electron chi connectivity index (χ0n) is 10.3. The molecule has 2 heterocycles. The summed E-state index contributed by atoms with van der Waals surface area (Å²) in [6.45, 7) is 0.899. The van der Waals surface area contributed by atoms with E-state index in [2.05, 4.69) is 22.4 Å². The number of carbonyl (C=O) groups excluding carboxylic acids is 1. The molecule has 4 nitrogen and oxygen atoms in total. The Morgan fingerprint density at radius 2 is 2.28 bits per heavy atom. The topological polar surface area (TPSA) is 54.1 Å². The van der Waals surface area contributed by atoms with Crippen LogP contribution in [0.15, 0.2) is 24.3 Å². The second kappa shape index (κ2) is 4.46. The lowest BCUT2D eigenvalue weighted by Gasteiger charge is -2.23. The van der Waals surface area contributed by atoms with Crippen LogP contribution < -0.4 is 5.32 Å². The van der Waals surface area contributed by atoms with Crippen LogP contribution in [-0.4, -0.2) is 24.6 Å². The van der Waals surface area contributed by atoms with Gasteiger partial charge in [-0.05, 0) is 24.6 Å². The van der Waals surface area contributed by atoms with Gasteiger partial charge in [-0.25, -0.2) is 0 Å². The molecule has 0 radical (unpaired) electrons. The molecule has 94 valence electrons. The summed E-state index contributed by atoms with van der Waals surface area (Å²) in [7, 11) is 1.43. The van der Waals surface area contributed by atoms with E-state index in [1.54, 1.807) is 0 Å². The van der Waals surface area contributed by atoms with E-state index in [1.807, 2.05) is 12.1 Å². The Bertz CT molecular complexity index is 588. The molecule has 0 fully saturated rings. The molecule has 1 aliphatic rings. The summed E-state index contributed by atoms with van der Waals surface area (Å²) in [6.07, 6.45) is 1.37. The van der Waals surface area contributed by atoms with E-state index >= 15 is 0 Å². The third-order valence-corrected chi connectivity index (χ3v) is 3.56. The molecule has 0 bridgehead atoms. The second-order valence-electron chi connectivity index (χ2n) is 4.60. The number of rotatable bonds is 2. The Morgan fingerprint density at radius 3 is 3.11 bits per heavy atom. The maximum atomic E-state index is 11.4. The lowest BCUT2D eigenvalue weighted by Crippen LogP contribution is -2.31. The molecule has 18 heavy (non-hydrogen) atoms. The summed E-state index contributed by atoms with van der Waals surface area (Å²) in [5.74, 6) is -0.181. The molecule has 1 aromatic carbocycles. The molecule has 0 amide bonds. The van der Waals surface area contributed by atoms with Gasteiger partial charge in [-0.3, -0.25) is 4.79 Å². The van der Waals surface area contributed by atoms with Gasteiger partial charge in [0.1, 0.15) is 0 Å².